The van der Waals surface area contributed by atoms with E-state index in [0.717, 1.165) is 37.2 Å². The van der Waals surface area contributed by atoms with Crippen LogP contribution in [0.4, 0.5) is 16.2 Å². The molecule has 160 valence electrons. The van der Waals surface area contributed by atoms with Gasteiger partial charge in [-0.1, -0.05) is 12.8 Å². The van der Waals surface area contributed by atoms with Gasteiger partial charge in [0.25, 0.3) is 5.91 Å². The van der Waals surface area contributed by atoms with Gasteiger partial charge in [-0.2, -0.15) is 5.10 Å². The maximum absolute atomic E-state index is 12.6. The molecule has 1 fully saturated rings. The number of likely N-dealkylation sites (tertiary alicyclic amines) is 1. The molecular weight excluding hydrogens is 390 g/mol. The number of nitrogens with one attached hydrogen (secondary N) is 2. The number of aromatic nitrogens is 2. The Bertz CT molecular complexity index is 1030. The molecule has 0 spiro atoms. The average Bonchev–Trinajstić information content (AvgIpc) is 3.04. The molecule has 0 unspecified atom stereocenters. The van der Waals surface area contributed by atoms with Gasteiger partial charge in [-0.05, 0) is 73.9 Å². The van der Waals surface area contributed by atoms with E-state index < -0.39 is 0 Å². The molecule has 1 aliphatic rings. The summed E-state index contributed by atoms with van der Waals surface area (Å²) in [6, 6.07) is 14.4. The second-order valence-electron chi connectivity index (χ2n) is 7.87. The molecule has 3 amide bonds. The first kappa shape index (κ1) is 20.7. The van der Waals surface area contributed by atoms with Crippen molar-refractivity contribution in [3.63, 3.8) is 0 Å². The summed E-state index contributed by atoms with van der Waals surface area (Å²) in [5, 5.41) is 10.1. The smallest absolute Gasteiger partial charge is 0.321 e. The van der Waals surface area contributed by atoms with Gasteiger partial charge in [0.1, 0.15) is 0 Å². The zero-order valence-corrected chi connectivity index (χ0v) is 17.7. The summed E-state index contributed by atoms with van der Waals surface area (Å²) in [6.07, 6.45) is 8.21. The largest absolute Gasteiger partial charge is 0.325 e. The number of carbonyl (C=O) groups is 2. The minimum atomic E-state index is -0.190. The lowest BCUT2D eigenvalue weighted by Crippen LogP contribution is -2.35. The van der Waals surface area contributed by atoms with E-state index in [-0.39, 0.29) is 11.9 Å². The van der Waals surface area contributed by atoms with Crippen molar-refractivity contribution in [3.05, 3.63) is 72.1 Å². The van der Waals surface area contributed by atoms with Crippen LogP contribution < -0.4 is 10.6 Å². The van der Waals surface area contributed by atoms with Crippen LogP contribution in [-0.2, 0) is 0 Å². The number of benzene rings is 2. The first-order valence-electron chi connectivity index (χ1n) is 10.7. The van der Waals surface area contributed by atoms with Crippen molar-refractivity contribution in [2.24, 2.45) is 0 Å². The van der Waals surface area contributed by atoms with Crippen molar-refractivity contribution in [1.29, 1.82) is 0 Å². The van der Waals surface area contributed by atoms with Crippen LogP contribution in [0.2, 0.25) is 0 Å². The van der Waals surface area contributed by atoms with Crippen molar-refractivity contribution in [3.8, 4) is 5.69 Å². The lowest BCUT2D eigenvalue weighted by atomic mass is 10.2. The summed E-state index contributed by atoms with van der Waals surface area (Å²) < 4.78 is 1.77. The van der Waals surface area contributed by atoms with Crippen LogP contribution in [-0.4, -0.2) is 39.7 Å². The van der Waals surface area contributed by atoms with Crippen LogP contribution in [0.25, 0.3) is 5.69 Å². The van der Waals surface area contributed by atoms with E-state index in [1.54, 1.807) is 47.3 Å². The minimum Gasteiger partial charge on any atom is -0.325 e. The fourth-order valence-corrected chi connectivity index (χ4v) is 3.64. The molecule has 31 heavy (non-hydrogen) atoms. The van der Waals surface area contributed by atoms with Crippen molar-refractivity contribution < 1.29 is 9.59 Å². The lowest BCUT2D eigenvalue weighted by molar-refractivity contribution is 0.102. The van der Waals surface area contributed by atoms with Crippen LogP contribution in [0.1, 0.15) is 41.6 Å². The van der Waals surface area contributed by atoms with E-state index in [0.29, 0.717) is 16.9 Å². The number of hydrogen-bond acceptors (Lipinski definition) is 3. The zero-order valence-electron chi connectivity index (χ0n) is 17.7. The van der Waals surface area contributed by atoms with Gasteiger partial charge in [-0.3, -0.25) is 4.79 Å². The van der Waals surface area contributed by atoms with E-state index >= 15 is 0 Å². The minimum absolute atomic E-state index is 0.0637. The van der Waals surface area contributed by atoms with Crippen LogP contribution in [0, 0.1) is 6.92 Å². The van der Waals surface area contributed by atoms with Gasteiger partial charge in [0.15, 0.2) is 0 Å². The molecule has 1 aromatic heterocycles. The molecule has 7 nitrogen and oxygen atoms in total. The Kier molecular flexibility index (Phi) is 6.31. The predicted octanol–water partition coefficient (Wildman–Crippen LogP) is 4.84. The normalized spacial score (nSPS) is 14.0. The number of carbonyl (C=O) groups excluding carboxylic acids is 2. The fourth-order valence-electron chi connectivity index (χ4n) is 3.64. The van der Waals surface area contributed by atoms with Gasteiger partial charge in [0.2, 0.25) is 0 Å². The molecule has 0 atom stereocenters. The standard InChI is InChI=1S/C24H27N5O2/c1-18-16-25-29(17-18)22-12-6-19(7-13-22)23(30)26-20-8-10-21(11-9-20)27-24(31)28-14-4-2-3-5-15-28/h6-13,16-17H,2-5,14-15H2,1H3,(H,26,30)(H,27,31). The SMILES string of the molecule is Cc1cnn(-c2ccc(C(=O)Nc3ccc(NC(=O)N4CCCCCC4)cc3)cc2)c1. The number of amides is 3. The molecule has 0 bridgehead atoms. The molecule has 1 saturated heterocycles. The Morgan fingerprint density at radius 3 is 2.03 bits per heavy atom. The lowest BCUT2D eigenvalue weighted by Gasteiger charge is -2.20. The highest BCUT2D eigenvalue weighted by Crippen LogP contribution is 2.17. The third-order valence-electron chi connectivity index (χ3n) is 5.39. The van der Waals surface area contributed by atoms with Crippen molar-refractivity contribution >= 4 is 23.3 Å². The first-order chi connectivity index (χ1) is 15.1. The summed E-state index contributed by atoms with van der Waals surface area (Å²) in [6.45, 7) is 3.59. The molecule has 4 rings (SSSR count). The molecule has 2 aromatic carbocycles. The summed E-state index contributed by atoms with van der Waals surface area (Å²) in [5.74, 6) is -0.190. The number of nitrogens with zero attached hydrogens (tertiary/aromatic N) is 3. The number of anilines is 2. The summed E-state index contributed by atoms with van der Waals surface area (Å²) >= 11 is 0. The van der Waals surface area contributed by atoms with E-state index in [4.69, 9.17) is 0 Å². The molecule has 0 radical (unpaired) electrons. The van der Waals surface area contributed by atoms with Crippen molar-refractivity contribution in [1.82, 2.24) is 14.7 Å². The van der Waals surface area contributed by atoms with E-state index in [1.165, 1.54) is 12.8 Å². The zero-order chi connectivity index (χ0) is 21.6. The Morgan fingerprint density at radius 2 is 1.45 bits per heavy atom. The Balaban J connectivity index is 1.34. The van der Waals surface area contributed by atoms with E-state index in [9.17, 15) is 9.59 Å². The second-order valence-corrected chi connectivity index (χ2v) is 7.87. The average molecular weight is 418 g/mol. The number of rotatable bonds is 4. The summed E-state index contributed by atoms with van der Waals surface area (Å²) in [4.78, 5) is 26.9. The molecule has 0 saturated carbocycles. The fraction of sp³-hybridized carbons (Fsp3) is 0.292. The quantitative estimate of drug-likeness (QED) is 0.637. The van der Waals surface area contributed by atoms with Crippen LogP contribution in [0.3, 0.4) is 0 Å². The maximum atomic E-state index is 12.6. The number of urea groups is 1. The van der Waals surface area contributed by atoms with Gasteiger partial charge in [0.05, 0.1) is 11.9 Å². The third-order valence-corrected chi connectivity index (χ3v) is 5.39. The second kappa shape index (κ2) is 9.47. The molecule has 0 aliphatic carbocycles. The van der Waals surface area contributed by atoms with Crippen LogP contribution in [0.15, 0.2) is 60.9 Å². The van der Waals surface area contributed by atoms with E-state index in [2.05, 4.69) is 15.7 Å². The van der Waals surface area contributed by atoms with Crippen LogP contribution >= 0.6 is 0 Å². The van der Waals surface area contributed by atoms with Gasteiger partial charge in [-0.15, -0.1) is 0 Å². The van der Waals surface area contributed by atoms with Gasteiger partial charge in [-0.25, -0.2) is 9.48 Å². The maximum Gasteiger partial charge on any atom is 0.321 e. The first-order valence-corrected chi connectivity index (χ1v) is 10.7. The van der Waals surface area contributed by atoms with E-state index in [1.807, 2.05) is 30.2 Å². The summed E-state index contributed by atoms with van der Waals surface area (Å²) in [5.41, 5.74) is 3.92. The topological polar surface area (TPSA) is 79.3 Å². The highest BCUT2D eigenvalue weighted by Gasteiger charge is 2.15. The van der Waals surface area contributed by atoms with Gasteiger partial charge < -0.3 is 15.5 Å². The Morgan fingerprint density at radius 1 is 0.839 bits per heavy atom. The molecule has 1 aliphatic heterocycles. The predicted molar refractivity (Wildman–Crippen MR) is 122 cm³/mol. The third kappa shape index (κ3) is 5.31. The van der Waals surface area contributed by atoms with Crippen molar-refractivity contribution in [2.45, 2.75) is 32.6 Å². The molecule has 2 heterocycles. The van der Waals surface area contributed by atoms with Gasteiger partial charge in [0, 0.05) is 36.2 Å². The number of aryl methyl sites for hydroxylation is 1. The number of hydrogen-bond donors (Lipinski definition) is 2. The van der Waals surface area contributed by atoms with Gasteiger partial charge >= 0.3 is 6.03 Å². The Hall–Kier alpha value is -3.61. The van der Waals surface area contributed by atoms with Crippen LogP contribution in [0.5, 0.6) is 0 Å². The molecule has 2 N–H and O–H groups in total. The highest BCUT2D eigenvalue weighted by atomic mass is 16.2. The van der Waals surface area contributed by atoms with Crippen molar-refractivity contribution in [2.75, 3.05) is 23.7 Å². The molecule has 3 aromatic rings. The Labute approximate surface area is 182 Å². The molecule has 7 heteroatoms. The highest BCUT2D eigenvalue weighted by molar-refractivity contribution is 6.04. The molecular formula is C24H27N5O2. The summed E-state index contributed by atoms with van der Waals surface area (Å²) in [7, 11) is 0. The monoisotopic (exact) mass is 417 g/mol.